The Morgan fingerprint density at radius 2 is 0.833 bits per heavy atom. The molecule has 0 heterocycles. The van der Waals surface area contributed by atoms with Gasteiger partial charge < -0.3 is 30.6 Å². The highest BCUT2D eigenvalue weighted by Gasteiger charge is 2.21. The summed E-state index contributed by atoms with van der Waals surface area (Å²) in [6.45, 7) is 0. The molecule has 5 aromatic rings. The summed E-state index contributed by atoms with van der Waals surface area (Å²) in [5.41, 5.74) is 0.974. The van der Waals surface area contributed by atoms with E-state index < -0.39 is 0 Å². The highest BCUT2D eigenvalue weighted by Crippen LogP contribution is 2.50. The summed E-state index contributed by atoms with van der Waals surface area (Å²) in [7, 11) is 0. The fourth-order valence-electron chi connectivity index (χ4n) is 4.07. The summed E-state index contributed by atoms with van der Waals surface area (Å²) in [4.78, 5) is 0. The third kappa shape index (κ3) is 2.37. The fraction of sp³-hybridized carbons (Fsp3) is 0. The van der Waals surface area contributed by atoms with Crippen molar-refractivity contribution in [2.75, 3.05) is 0 Å². The van der Waals surface area contributed by atoms with Crippen molar-refractivity contribution in [1.82, 2.24) is 0 Å². The number of phenolic OH excluding ortho intramolecular Hbond substituents is 6. The minimum Gasteiger partial charge on any atom is -0.504 e. The second kappa shape index (κ2) is 6.09. The Hall–Kier alpha value is -4.32. The summed E-state index contributed by atoms with van der Waals surface area (Å²) >= 11 is 0. The molecule has 0 aliphatic carbocycles. The van der Waals surface area contributed by atoms with Crippen LogP contribution < -0.4 is 0 Å². The standard InChI is InChI=1S/C24H16O6/c25-17-6-12-13-7-19(27)20(28)9-15(13)23-16(14(12)8-18(17)26)10-21(29)24(30)22(23)11-4-2-1-3-5-11/h1-10,25-30H. The molecule has 0 saturated carbocycles. The van der Waals surface area contributed by atoms with Gasteiger partial charge in [-0.2, -0.15) is 0 Å². The second-order valence-electron chi connectivity index (χ2n) is 7.18. The minimum atomic E-state index is -0.349. The first kappa shape index (κ1) is 17.8. The van der Waals surface area contributed by atoms with Gasteiger partial charge in [0, 0.05) is 10.9 Å². The zero-order chi connectivity index (χ0) is 21.2. The molecule has 0 fully saturated rings. The maximum atomic E-state index is 10.8. The van der Waals surface area contributed by atoms with Gasteiger partial charge >= 0.3 is 0 Å². The number of aromatic hydroxyl groups is 6. The molecule has 0 aliphatic heterocycles. The van der Waals surface area contributed by atoms with E-state index in [0.29, 0.717) is 43.4 Å². The number of fused-ring (bicyclic) bond motifs is 6. The first-order valence-corrected chi connectivity index (χ1v) is 9.14. The molecular weight excluding hydrogens is 384 g/mol. The molecule has 6 N–H and O–H groups in total. The van der Waals surface area contributed by atoms with Gasteiger partial charge in [0.2, 0.25) is 0 Å². The van der Waals surface area contributed by atoms with Gasteiger partial charge in [-0.05, 0) is 62.8 Å². The van der Waals surface area contributed by atoms with Gasteiger partial charge in [-0.15, -0.1) is 0 Å². The molecule has 0 amide bonds. The van der Waals surface area contributed by atoms with Crippen molar-refractivity contribution in [3.8, 4) is 45.6 Å². The van der Waals surface area contributed by atoms with Crippen LogP contribution in [0.3, 0.4) is 0 Å². The molecule has 0 unspecified atom stereocenters. The monoisotopic (exact) mass is 400 g/mol. The van der Waals surface area contributed by atoms with Crippen LogP contribution >= 0.6 is 0 Å². The summed E-state index contributed by atoms with van der Waals surface area (Å²) in [5.74, 6) is -2.07. The lowest BCUT2D eigenvalue weighted by atomic mass is 9.88. The van der Waals surface area contributed by atoms with Crippen molar-refractivity contribution in [3.05, 3.63) is 60.7 Å². The largest absolute Gasteiger partial charge is 0.504 e. The molecule has 0 aromatic heterocycles. The van der Waals surface area contributed by atoms with Gasteiger partial charge in [-0.3, -0.25) is 0 Å². The molecule has 5 aromatic carbocycles. The Labute approximate surface area is 169 Å². The molecule has 0 atom stereocenters. The highest BCUT2D eigenvalue weighted by atomic mass is 16.3. The topological polar surface area (TPSA) is 121 Å². The van der Waals surface area contributed by atoms with Crippen LogP contribution in [0.1, 0.15) is 0 Å². The van der Waals surface area contributed by atoms with E-state index in [4.69, 9.17) is 0 Å². The van der Waals surface area contributed by atoms with Crippen molar-refractivity contribution < 1.29 is 30.6 Å². The number of rotatable bonds is 1. The molecule has 148 valence electrons. The van der Waals surface area contributed by atoms with Crippen LogP contribution in [0.5, 0.6) is 34.5 Å². The van der Waals surface area contributed by atoms with Gasteiger partial charge in [0.05, 0.1) is 0 Å². The third-order valence-electron chi connectivity index (χ3n) is 5.42. The van der Waals surface area contributed by atoms with E-state index in [2.05, 4.69) is 0 Å². The SMILES string of the molecule is Oc1cc2c3cc(O)c(O)cc3c3c(-c4ccccc4)c(O)c(O)cc3c2cc1O. The van der Waals surface area contributed by atoms with E-state index in [1.54, 1.807) is 24.3 Å². The van der Waals surface area contributed by atoms with Crippen molar-refractivity contribution in [1.29, 1.82) is 0 Å². The Morgan fingerprint density at radius 1 is 0.433 bits per heavy atom. The predicted octanol–water partition coefficient (Wildman–Crippen LogP) is 5.05. The maximum Gasteiger partial charge on any atom is 0.166 e. The van der Waals surface area contributed by atoms with Crippen LogP contribution in [0.2, 0.25) is 0 Å². The number of phenols is 6. The zero-order valence-corrected chi connectivity index (χ0v) is 15.5. The smallest absolute Gasteiger partial charge is 0.166 e. The lowest BCUT2D eigenvalue weighted by Crippen LogP contribution is -1.89. The van der Waals surface area contributed by atoms with Gasteiger partial charge in [-0.1, -0.05) is 30.3 Å². The molecule has 0 spiro atoms. The normalized spacial score (nSPS) is 11.5. The average molecular weight is 400 g/mol. The summed E-state index contributed by atoms with van der Waals surface area (Å²) in [6, 6.07) is 15.8. The van der Waals surface area contributed by atoms with Gasteiger partial charge in [0.25, 0.3) is 0 Å². The second-order valence-corrected chi connectivity index (χ2v) is 7.18. The predicted molar refractivity (Wildman–Crippen MR) is 114 cm³/mol. The van der Waals surface area contributed by atoms with Crippen molar-refractivity contribution in [2.24, 2.45) is 0 Å². The molecule has 6 heteroatoms. The molecular formula is C24H16O6. The van der Waals surface area contributed by atoms with E-state index in [1.165, 1.54) is 30.3 Å². The molecule has 0 bridgehead atoms. The van der Waals surface area contributed by atoms with E-state index in [1.807, 2.05) is 6.07 Å². The summed E-state index contributed by atoms with van der Waals surface area (Å²) in [6.07, 6.45) is 0. The molecule has 6 nitrogen and oxygen atoms in total. The number of hydrogen-bond acceptors (Lipinski definition) is 6. The van der Waals surface area contributed by atoms with Crippen molar-refractivity contribution in [2.45, 2.75) is 0 Å². The lowest BCUT2D eigenvalue weighted by Gasteiger charge is -2.17. The van der Waals surface area contributed by atoms with Crippen molar-refractivity contribution >= 4 is 32.3 Å². The highest BCUT2D eigenvalue weighted by molar-refractivity contribution is 6.30. The van der Waals surface area contributed by atoms with Crippen LogP contribution in [0.15, 0.2) is 60.7 Å². The molecule has 0 radical (unpaired) electrons. The van der Waals surface area contributed by atoms with E-state index in [9.17, 15) is 30.6 Å². The van der Waals surface area contributed by atoms with Crippen LogP contribution in [0.4, 0.5) is 0 Å². The Balaban J connectivity index is 2.16. The van der Waals surface area contributed by atoms with Gasteiger partial charge in [-0.25, -0.2) is 0 Å². The van der Waals surface area contributed by atoms with E-state index in [-0.39, 0.29) is 34.5 Å². The van der Waals surface area contributed by atoms with Gasteiger partial charge in [0.1, 0.15) is 0 Å². The fourth-order valence-corrected chi connectivity index (χ4v) is 4.07. The quantitative estimate of drug-likeness (QED) is 0.173. The summed E-state index contributed by atoms with van der Waals surface area (Å²) in [5, 5.41) is 64.6. The maximum absolute atomic E-state index is 10.8. The first-order chi connectivity index (χ1) is 14.4. The Kier molecular flexibility index (Phi) is 3.60. The van der Waals surface area contributed by atoms with Crippen LogP contribution in [0.25, 0.3) is 43.4 Å². The first-order valence-electron chi connectivity index (χ1n) is 9.14. The van der Waals surface area contributed by atoms with E-state index in [0.717, 1.165) is 0 Å². The van der Waals surface area contributed by atoms with Crippen molar-refractivity contribution in [3.63, 3.8) is 0 Å². The lowest BCUT2D eigenvalue weighted by molar-refractivity contribution is 0.404. The number of benzene rings is 5. The average Bonchev–Trinajstić information content (AvgIpc) is 2.73. The van der Waals surface area contributed by atoms with E-state index >= 15 is 0 Å². The number of hydrogen-bond donors (Lipinski definition) is 6. The van der Waals surface area contributed by atoms with Gasteiger partial charge in [0.15, 0.2) is 34.5 Å². The molecule has 5 rings (SSSR count). The Morgan fingerprint density at radius 3 is 1.33 bits per heavy atom. The summed E-state index contributed by atoms with van der Waals surface area (Å²) < 4.78 is 0. The van der Waals surface area contributed by atoms with Crippen LogP contribution in [-0.4, -0.2) is 30.6 Å². The third-order valence-corrected chi connectivity index (χ3v) is 5.42. The minimum absolute atomic E-state index is 0.329. The zero-order valence-electron chi connectivity index (χ0n) is 15.5. The Bertz CT molecular complexity index is 1440. The van der Waals surface area contributed by atoms with Crippen LogP contribution in [0, 0.1) is 0 Å². The molecule has 0 saturated heterocycles. The van der Waals surface area contributed by atoms with Crippen LogP contribution in [-0.2, 0) is 0 Å². The molecule has 30 heavy (non-hydrogen) atoms. The molecule has 0 aliphatic rings.